The summed E-state index contributed by atoms with van der Waals surface area (Å²) in [5.41, 5.74) is 5.61. The van der Waals surface area contributed by atoms with Crippen molar-refractivity contribution >= 4 is 41.8 Å². The van der Waals surface area contributed by atoms with E-state index in [4.69, 9.17) is 20.1 Å². The predicted octanol–water partition coefficient (Wildman–Crippen LogP) is -0.631. The number of nitrogens with one attached hydrogen (secondary N) is 2. The normalized spacial score (nSPS) is 12.3. The number of amides is 2. The molecule has 0 aliphatic heterocycles. The van der Waals surface area contributed by atoms with Crippen LogP contribution in [-0.2, 0) is 23.4 Å². The van der Waals surface area contributed by atoms with Crippen molar-refractivity contribution in [3.05, 3.63) is 35.9 Å². The molecule has 0 fully saturated rings. The van der Waals surface area contributed by atoms with Crippen LogP contribution in [0.5, 0.6) is 0 Å². The van der Waals surface area contributed by atoms with Crippen LogP contribution >= 0.6 is 12.0 Å². The minimum absolute atomic E-state index is 0.152. The molecule has 0 aromatic heterocycles. The number of carboxylic acid groups (broad SMARTS) is 2. The van der Waals surface area contributed by atoms with Gasteiger partial charge in [0, 0.05) is 6.42 Å². The van der Waals surface area contributed by atoms with Gasteiger partial charge >= 0.3 is 17.9 Å². The molecule has 2 amide bonds. The lowest BCUT2D eigenvalue weighted by atomic mass is 10.1. The van der Waals surface area contributed by atoms with Crippen LogP contribution in [0.15, 0.2) is 30.3 Å². The molecule has 0 saturated carbocycles. The van der Waals surface area contributed by atoms with E-state index in [0.29, 0.717) is 17.6 Å². The molecular weight excluding hydrogens is 406 g/mol. The van der Waals surface area contributed by atoms with E-state index in [-0.39, 0.29) is 18.6 Å². The van der Waals surface area contributed by atoms with Crippen molar-refractivity contribution in [2.75, 3.05) is 12.3 Å². The van der Waals surface area contributed by atoms with E-state index in [1.54, 1.807) is 18.2 Å². The van der Waals surface area contributed by atoms with E-state index in [0.717, 1.165) is 0 Å². The van der Waals surface area contributed by atoms with E-state index in [2.05, 4.69) is 10.6 Å². The quantitative estimate of drug-likeness (QED) is 0.269. The van der Waals surface area contributed by atoms with Gasteiger partial charge in [0.1, 0.15) is 18.6 Å². The van der Waals surface area contributed by atoms with Crippen molar-refractivity contribution < 1.29 is 38.4 Å². The highest BCUT2D eigenvalue weighted by molar-refractivity contribution is 7.95. The molecule has 0 aliphatic rings. The van der Waals surface area contributed by atoms with Crippen molar-refractivity contribution in [3.8, 4) is 0 Å². The summed E-state index contributed by atoms with van der Waals surface area (Å²) in [6, 6.07) is 5.63. The molecule has 0 radical (unpaired) electrons. The predicted molar refractivity (Wildman–Crippen MR) is 102 cm³/mol. The Bertz CT molecular complexity index is 743. The lowest BCUT2D eigenvalue weighted by Crippen LogP contribution is -2.49. The summed E-state index contributed by atoms with van der Waals surface area (Å²) in [5, 5.41) is 21.8. The Labute approximate surface area is 170 Å². The summed E-state index contributed by atoms with van der Waals surface area (Å²) in [4.78, 5) is 57.3. The van der Waals surface area contributed by atoms with Crippen molar-refractivity contribution in [2.45, 2.75) is 24.9 Å². The SMILES string of the molecule is N[C@@H](CCC(=O)N[C@@H](CSOC(=O)c1ccccc1)C(=O)NCC(=O)O)C(=O)O. The van der Waals surface area contributed by atoms with E-state index < -0.39 is 48.4 Å². The van der Waals surface area contributed by atoms with Gasteiger partial charge in [-0.05, 0) is 18.6 Å². The number of rotatable bonds is 12. The van der Waals surface area contributed by atoms with Crippen LogP contribution in [0.25, 0.3) is 0 Å². The second-order valence-electron chi connectivity index (χ2n) is 5.74. The Morgan fingerprint density at radius 2 is 1.76 bits per heavy atom. The monoisotopic (exact) mass is 427 g/mol. The number of hydrogen-bond acceptors (Lipinski definition) is 8. The summed E-state index contributed by atoms with van der Waals surface area (Å²) >= 11 is 0.607. The number of hydrogen-bond donors (Lipinski definition) is 5. The molecule has 0 spiro atoms. The van der Waals surface area contributed by atoms with Gasteiger partial charge in [0.25, 0.3) is 0 Å². The molecule has 1 aromatic rings. The first-order chi connectivity index (χ1) is 13.7. The maximum absolute atomic E-state index is 12.1. The number of benzene rings is 1. The first-order valence-electron chi connectivity index (χ1n) is 8.36. The summed E-state index contributed by atoms with van der Waals surface area (Å²) in [6.07, 6.45) is -0.411. The molecule has 29 heavy (non-hydrogen) atoms. The fraction of sp³-hybridized carbons (Fsp3) is 0.353. The van der Waals surface area contributed by atoms with Crippen LogP contribution in [0, 0.1) is 0 Å². The Balaban J connectivity index is 2.61. The fourth-order valence-corrected chi connectivity index (χ4v) is 2.57. The van der Waals surface area contributed by atoms with Crippen LogP contribution in [0.4, 0.5) is 0 Å². The molecule has 158 valence electrons. The molecule has 6 N–H and O–H groups in total. The number of carbonyl (C=O) groups excluding carboxylic acids is 3. The first kappa shape index (κ1) is 23.9. The van der Waals surface area contributed by atoms with Crippen molar-refractivity contribution in [1.29, 1.82) is 0 Å². The Kier molecular flexibility index (Phi) is 10.2. The van der Waals surface area contributed by atoms with Gasteiger partial charge in [-0.2, -0.15) is 0 Å². The first-order valence-corrected chi connectivity index (χ1v) is 9.28. The van der Waals surface area contributed by atoms with Crippen LogP contribution in [0.2, 0.25) is 0 Å². The Morgan fingerprint density at radius 1 is 1.10 bits per heavy atom. The highest BCUT2D eigenvalue weighted by atomic mass is 32.2. The third kappa shape index (κ3) is 9.58. The average molecular weight is 427 g/mol. The molecule has 0 bridgehead atoms. The van der Waals surface area contributed by atoms with Gasteiger partial charge in [0.15, 0.2) is 0 Å². The number of nitrogens with two attached hydrogens (primary N) is 1. The molecule has 0 saturated heterocycles. The minimum atomic E-state index is -1.28. The van der Waals surface area contributed by atoms with Crippen LogP contribution < -0.4 is 16.4 Å². The van der Waals surface area contributed by atoms with E-state index in [9.17, 15) is 24.0 Å². The largest absolute Gasteiger partial charge is 0.480 e. The van der Waals surface area contributed by atoms with Gasteiger partial charge in [0.2, 0.25) is 11.8 Å². The summed E-state index contributed by atoms with van der Waals surface area (Å²) in [5.74, 6) is -4.85. The standard InChI is InChI=1S/C17H21N3O8S/c18-11(16(25)26)6-7-13(21)20-12(15(24)19-8-14(22)23)9-29-28-17(27)10-4-2-1-3-5-10/h1-5,11-12H,6-9,18H2,(H,19,24)(H,20,21)(H,22,23)(H,25,26)/t11-,12-/m0/s1. The number of carboxylic acids is 2. The fourth-order valence-electron chi connectivity index (χ4n) is 1.92. The zero-order chi connectivity index (χ0) is 21.8. The second-order valence-corrected chi connectivity index (χ2v) is 6.47. The third-order valence-corrected chi connectivity index (χ3v) is 4.18. The van der Waals surface area contributed by atoms with Crippen molar-refractivity contribution in [1.82, 2.24) is 10.6 Å². The highest BCUT2D eigenvalue weighted by Crippen LogP contribution is 2.11. The zero-order valence-electron chi connectivity index (χ0n) is 15.2. The van der Waals surface area contributed by atoms with E-state index in [1.807, 2.05) is 0 Å². The molecule has 1 rings (SSSR count). The van der Waals surface area contributed by atoms with Crippen LogP contribution in [-0.4, -0.2) is 64.3 Å². The topological polar surface area (TPSA) is 185 Å². The van der Waals surface area contributed by atoms with E-state index >= 15 is 0 Å². The molecule has 1 aromatic carbocycles. The van der Waals surface area contributed by atoms with Crippen molar-refractivity contribution in [2.24, 2.45) is 5.73 Å². The van der Waals surface area contributed by atoms with E-state index in [1.165, 1.54) is 12.1 Å². The molecule has 11 nitrogen and oxygen atoms in total. The summed E-state index contributed by atoms with van der Waals surface area (Å²) in [6.45, 7) is -0.663. The minimum Gasteiger partial charge on any atom is -0.480 e. The lowest BCUT2D eigenvalue weighted by molar-refractivity contribution is -0.139. The van der Waals surface area contributed by atoms with Gasteiger partial charge < -0.3 is 30.8 Å². The van der Waals surface area contributed by atoms with Gasteiger partial charge in [-0.3, -0.25) is 19.2 Å². The van der Waals surface area contributed by atoms with Gasteiger partial charge in [-0.15, -0.1) is 0 Å². The third-order valence-electron chi connectivity index (χ3n) is 3.44. The lowest BCUT2D eigenvalue weighted by Gasteiger charge is -2.17. The van der Waals surface area contributed by atoms with Crippen molar-refractivity contribution in [3.63, 3.8) is 0 Å². The average Bonchev–Trinajstić information content (AvgIpc) is 2.69. The molecular formula is C17H21N3O8S. The second kappa shape index (κ2) is 12.4. The highest BCUT2D eigenvalue weighted by Gasteiger charge is 2.23. The van der Waals surface area contributed by atoms with Gasteiger partial charge in [0.05, 0.1) is 23.4 Å². The van der Waals surface area contributed by atoms with Gasteiger partial charge in [-0.1, -0.05) is 18.2 Å². The van der Waals surface area contributed by atoms with Crippen LogP contribution in [0.3, 0.4) is 0 Å². The molecule has 0 heterocycles. The number of aliphatic carboxylic acids is 2. The zero-order valence-corrected chi connectivity index (χ0v) is 16.0. The Morgan fingerprint density at radius 3 is 2.34 bits per heavy atom. The molecule has 2 atom stereocenters. The maximum atomic E-state index is 12.1. The summed E-state index contributed by atoms with van der Waals surface area (Å²) < 4.78 is 4.98. The Hall–Kier alpha value is -3.12. The summed E-state index contributed by atoms with van der Waals surface area (Å²) in [7, 11) is 0. The maximum Gasteiger partial charge on any atom is 0.350 e. The molecule has 0 unspecified atom stereocenters. The number of carbonyl (C=O) groups is 5. The molecule has 0 aliphatic carbocycles. The smallest absolute Gasteiger partial charge is 0.350 e. The molecule has 12 heteroatoms. The van der Waals surface area contributed by atoms with Crippen LogP contribution in [0.1, 0.15) is 23.2 Å². The van der Waals surface area contributed by atoms with Gasteiger partial charge in [-0.25, -0.2) is 4.79 Å².